The third-order valence-electron chi connectivity index (χ3n) is 3.30. The van der Waals surface area contributed by atoms with Gasteiger partial charge in [0.05, 0.1) is 18.6 Å². The Hall–Kier alpha value is -1.85. The van der Waals surface area contributed by atoms with Crippen molar-refractivity contribution in [3.05, 3.63) is 11.8 Å². The van der Waals surface area contributed by atoms with Gasteiger partial charge >= 0.3 is 5.97 Å². The lowest BCUT2D eigenvalue weighted by Gasteiger charge is -2.41. The minimum Gasteiger partial charge on any atom is -0.481 e. The maximum absolute atomic E-state index is 10.9. The zero-order chi connectivity index (χ0) is 13.9. The van der Waals surface area contributed by atoms with E-state index < -0.39 is 11.5 Å². The number of ether oxygens (including phenoxy) is 1. The first-order chi connectivity index (χ1) is 9.03. The molecule has 2 N–H and O–H groups in total. The normalized spacial score (nSPS) is 16.5. The van der Waals surface area contributed by atoms with E-state index in [1.807, 2.05) is 13.8 Å². The van der Waals surface area contributed by atoms with Gasteiger partial charge in [-0.25, -0.2) is 4.98 Å². The van der Waals surface area contributed by atoms with Gasteiger partial charge < -0.3 is 15.2 Å². The molecule has 19 heavy (non-hydrogen) atoms. The van der Waals surface area contributed by atoms with Crippen molar-refractivity contribution in [1.29, 1.82) is 0 Å². The first-order valence-electron chi connectivity index (χ1n) is 6.51. The van der Waals surface area contributed by atoms with Gasteiger partial charge in [0.2, 0.25) is 11.8 Å². The summed E-state index contributed by atoms with van der Waals surface area (Å²) in [4.78, 5) is 19.5. The number of nitrogens with one attached hydrogen (secondary N) is 1. The number of carboxylic acid groups (broad SMARTS) is 1. The summed E-state index contributed by atoms with van der Waals surface area (Å²) in [6, 6.07) is 1.76. The van der Waals surface area contributed by atoms with Crippen LogP contribution in [0.25, 0.3) is 0 Å². The van der Waals surface area contributed by atoms with Crippen LogP contribution in [0.15, 0.2) is 6.07 Å². The van der Waals surface area contributed by atoms with Crippen LogP contribution in [0.2, 0.25) is 0 Å². The van der Waals surface area contributed by atoms with Gasteiger partial charge in [-0.3, -0.25) is 4.79 Å². The molecule has 0 saturated heterocycles. The number of aryl methyl sites for hydroxylation is 1. The first-order valence-corrected chi connectivity index (χ1v) is 6.51. The number of anilines is 1. The van der Waals surface area contributed by atoms with Gasteiger partial charge in [0.25, 0.3) is 0 Å². The fraction of sp³-hybridized carbons (Fsp3) is 0.615. The number of hydrogen-bond acceptors (Lipinski definition) is 5. The van der Waals surface area contributed by atoms with Gasteiger partial charge in [0.1, 0.15) is 0 Å². The highest BCUT2D eigenvalue weighted by molar-refractivity contribution is 5.69. The Morgan fingerprint density at radius 1 is 1.53 bits per heavy atom. The molecule has 1 aliphatic rings. The largest absolute Gasteiger partial charge is 0.481 e. The highest BCUT2D eigenvalue weighted by Gasteiger charge is 2.39. The number of nitrogens with zero attached hydrogens (tertiary/aromatic N) is 2. The van der Waals surface area contributed by atoms with Crippen molar-refractivity contribution >= 4 is 11.9 Å². The minimum absolute atomic E-state index is 0.0915. The van der Waals surface area contributed by atoms with E-state index in [-0.39, 0.29) is 6.42 Å². The summed E-state index contributed by atoms with van der Waals surface area (Å²) in [5.41, 5.74) is 0.397. The van der Waals surface area contributed by atoms with Gasteiger partial charge in [0.15, 0.2) is 0 Å². The van der Waals surface area contributed by atoms with Crippen LogP contribution in [0, 0.1) is 6.92 Å². The predicted octanol–water partition coefficient (Wildman–Crippen LogP) is 1.99. The molecule has 1 aromatic rings. The lowest BCUT2D eigenvalue weighted by atomic mass is 9.74. The van der Waals surface area contributed by atoms with E-state index in [1.54, 1.807) is 6.07 Å². The summed E-state index contributed by atoms with van der Waals surface area (Å²) in [5.74, 6) is 0.164. The summed E-state index contributed by atoms with van der Waals surface area (Å²) in [7, 11) is 0. The standard InChI is InChI=1S/C13H19N3O3/c1-3-19-10-7-9(2)14-12(15-10)16-13(5-4-6-13)8-11(17)18/h7H,3-6,8H2,1-2H3,(H,17,18)(H,14,15,16). The molecular formula is C13H19N3O3. The number of hydrogen-bond donors (Lipinski definition) is 2. The zero-order valence-electron chi connectivity index (χ0n) is 11.3. The molecule has 6 heteroatoms. The van der Waals surface area contributed by atoms with Gasteiger partial charge in [0, 0.05) is 11.8 Å². The molecule has 0 aliphatic heterocycles. The monoisotopic (exact) mass is 265 g/mol. The van der Waals surface area contributed by atoms with E-state index in [4.69, 9.17) is 9.84 Å². The molecule has 1 aromatic heterocycles. The van der Waals surface area contributed by atoms with Gasteiger partial charge in [-0.2, -0.15) is 4.98 Å². The Morgan fingerprint density at radius 3 is 2.79 bits per heavy atom. The highest BCUT2D eigenvalue weighted by atomic mass is 16.5. The van der Waals surface area contributed by atoms with E-state index in [9.17, 15) is 4.79 Å². The van der Waals surface area contributed by atoms with Crippen LogP contribution in [0.1, 0.15) is 38.3 Å². The van der Waals surface area contributed by atoms with Crippen molar-refractivity contribution in [2.45, 2.75) is 45.1 Å². The Balaban J connectivity index is 2.15. The lowest BCUT2D eigenvalue weighted by Crippen LogP contribution is -2.47. The number of aromatic nitrogens is 2. The third-order valence-corrected chi connectivity index (χ3v) is 3.30. The molecule has 1 fully saturated rings. The van der Waals surface area contributed by atoms with Crippen LogP contribution >= 0.6 is 0 Å². The lowest BCUT2D eigenvalue weighted by molar-refractivity contribution is -0.138. The van der Waals surface area contributed by atoms with Gasteiger partial charge in [-0.1, -0.05) is 0 Å². The smallest absolute Gasteiger partial charge is 0.305 e. The minimum atomic E-state index is -0.801. The molecule has 0 aromatic carbocycles. The molecule has 104 valence electrons. The third kappa shape index (κ3) is 3.33. The van der Waals surface area contributed by atoms with Gasteiger partial charge in [-0.15, -0.1) is 0 Å². The summed E-state index contributed by atoms with van der Waals surface area (Å²) >= 11 is 0. The average molecular weight is 265 g/mol. The zero-order valence-corrected chi connectivity index (χ0v) is 11.3. The van der Waals surface area contributed by atoms with Crippen LogP contribution in [-0.2, 0) is 4.79 Å². The van der Waals surface area contributed by atoms with Crippen LogP contribution in [0.3, 0.4) is 0 Å². The topological polar surface area (TPSA) is 84.3 Å². The molecular weight excluding hydrogens is 246 g/mol. The van der Waals surface area contributed by atoms with E-state index in [0.717, 1.165) is 25.0 Å². The molecule has 0 bridgehead atoms. The Labute approximate surface area is 112 Å². The summed E-state index contributed by atoms with van der Waals surface area (Å²) in [6.45, 7) is 4.29. The SMILES string of the molecule is CCOc1cc(C)nc(NC2(CC(=O)O)CCC2)n1. The fourth-order valence-corrected chi connectivity index (χ4v) is 2.29. The molecule has 0 atom stereocenters. The van der Waals surface area contributed by atoms with Crippen molar-refractivity contribution in [3.63, 3.8) is 0 Å². The first kappa shape index (κ1) is 13.6. The Morgan fingerprint density at radius 2 is 2.26 bits per heavy atom. The van der Waals surface area contributed by atoms with Crippen LogP contribution < -0.4 is 10.1 Å². The van der Waals surface area contributed by atoms with Crippen LogP contribution in [0.4, 0.5) is 5.95 Å². The second-order valence-corrected chi connectivity index (χ2v) is 4.93. The highest BCUT2D eigenvalue weighted by Crippen LogP contribution is 2.37. The molecule has 6 nitrogen and oxygen atoms in total. The molecule has 2 rings (SSSR count). The quantitative estimate of drug-likeness (QED) is 0.818. The van der Waals surface area contributed by atoms with Crippen molar-refractivity contribution in [2.75, 3.05) is 11.9 Å². The van der Waals surface area contributed by atoms with Crippen LogP contribution in [-0.4, -0.2) is 33.2 Å². The van der Waals surface area contributed by atoms with Crippen LogP contribution in [0.5, 0.6) is 5.88 Å². The van der Waals surface area contributed by atoms with E-state index in [2.05, 4.69) is 15.3 Å². The van der Waals surface area contributed by atoms with Crippen molar-refractivity contribution in [3.8, 4) is 5.88 Å². The molecule has 0 radical (unpaired) electrons. The molecule has 1 aliphatic carbocycles. The van der Waals surface area contributed by atoms with Crippen molar-refractivity contribution in [2.24, 2.45) is 0 Å². The summed E-state index contributed by atoms with van der Waals surface area (Å²) < 4.78 is 5.37. The van der Waals surface area contributed by atoms with E-state index >= 15 is 0 Å². The fourth-order valence-electron chi connectivity index (χ4n) is 2.29. The van der Waals surface area contributed by atoms with Crippen molar-refractivity contribution in [1.82, 2.24) is 9.97 Å². The average Bonchev–Trinajstić information content (AvgIpc) is 2.25. The molecule has 1 heterocycles. The second-order valence-electron chi connectivity index (χ2n) is 4.93. The molecule has 0 amide bonds. The second kappa shape index (κ2) is 5.42. The number of rotatable bonds is 6. The van der Waals surface area contributed by atoms with Gasteiger partial charge in [-0.05, 0) is 33.1 Å². The van der Waals surface area contributed by atoms with Crippen molar-refractivity contribution < 1.29 is 14.6 Å². The number of carboxylic acids is 1. The molecule has 0 spiro atoms. The number of aliphatic carboxylic acids is 1. The van der Waals surface area contributed by atoms with E-state index in [1.165, 1.54) is 0 Å². The molecule has 1 saturated carbocycles. The maximum Gasteiger partial charge on any atom is 0.305 e. The van der Waals surface area contributed by atoms with E-state index in [0.29, 0.717) is 18.4 Å². The Kier molecular flexibility index (Phi) is 3.87. The Bertz CT molecular complexity index is 472. The summed E-state index contributed by atoms with van der Waals surface area (Å²) in [5, 5.41) is 12.2. The maximum atomic E-state index is 10.9. The predicted molar refractivity (Wildman–Crippen MR) is 70.4 cm³/mol. The summed E-state index contributed by atoms with van der Waals surface area (Å²) in [6.07, 6.45) is 2.79. The number of carbonyl (C=O) groups is 1. The molecule has 0 unspecified atom stereocenters.